The summed E-state index contributed by atoms with van der Waals surface area (Å²) >= 11 is 0. The summed E-state index contributed by atoms with van der Waals surface area (Å²) in [5.41, 5.74) is 14.7. The van der Waals surface area contributed by atoms with Gasteiger partial charge in [0.05, 0.1) is 11.0 Å². The summed E-state index contributed by atoms with van der Waals surface area (Å²) in [5.74, 6) is 2.52. The van der Waals surface area contributed by atoms with E-state index in [2.05, 4.69) is 234 Å². The fourth-order valence-electron chi connectivity index (χ4n) is 9.69. The quantitative estimate of drug-likeness (QED) is 0.0948. The van der Waals surface area contributed by atoms with Crippen molar-refractivity contribution in [1.82, 2.24) is 18.7 Å². The Morgan fingerprint density at radius 2 is 1.03 bits per heavy atom. The zero-order valence-corrected chi connectivity index (χ0v) is 39.1. The van der Waals surface area contributed by atoms with Crippen molar-refractivity contribution in [2.45, 2.75) is 105 Å². The van der Waals surface area contributed by atoms with Gasteiger partial charge in [-0.3, -0.25) is 4.57 Å². The third kappa shape index (κ3) is 6.54. The smallest absolute Gasteiger partial charge is 0.225 e. The highest BCUT2D eigenvalue weighted by molar-refractivity contribution is 6.10. The van der Waals surface area contributed by atoms with Crippen LogP contribution in [0.1, 0.15) is 105 Å². The molecule has 0 saturated carbocycles. The van der Waals surface area contributed by atoms with Gasteiger partial charge >= 0.3 is 0 Å². The van der Waals surface area contributed by atoms with E-state index in [9.17, 15) is 0 Å². The van der Waals surface area contributed by atoms with Gasteiger partial charge in [-0.1, -0.05) is 138 Å². The topological polar surface area (TPSA) is 27.1 Å². The average molecular weight is 830 g/mol. The number of pyridine rings is 1. The summed E-state index contributed by atoms with van der Waals surface area (Å²) in [6, 6.07) is 51.8. The Kier molecular flexibility index (Phi) is 8.95. The molecule has 0 N–H and O–H groups in total. The highest BCUT2D eigenvalue weighted by atomic mass is 16.5. The number of benzene rings is 6. The van der Waals surface area contributed by atoms with Gasteiger partial charge in [-0.25, -0.2) is 4.98 Å². The summed E-state index contributed by atoms with van der Waals surface area (Å²) in [6.07, 6.45) is 1.95. The molecule has 0 aliphatic carbocycles. The minimum Gasteiger partial charge on any atom is -0.457 e. The molecule has 1 unspecified atom stereocenters. The Hall–Kier alpha value is -6.01. The molecule has 10 rings (SSSR count). The van der Waals surface area contributed by atoms with Crippen LogP contribution in [0.25, 0.3) is 38.8 Å². The number of rotatable bonds is 6. The number of fused-ring (bicyclic) bond motifs is 7. The monoisotopic (exact) mass is 829 g/mol. The van der Waals surface area contributed by atoms with Gasteiger partial charge in [-0.05, 0) is 97.5 Å². The number of nitrogens with zero attached hydrogens (tertiary/aromatic N) is 4. The molecule has 0 spiro atoms. The zero-order valence-electron chi connectivity index (χ0n) is 39.1. The average Bonchev–Trinajstić information content (AvgIpc) is 3.73. The van der Waals surface area contributed by atoms with E-state index in [0.717, 1.165) is 28.4 Å². The van der Waals surface area contributed by atoms with Gasteiger partial charge in [0.15, 0.2) is 18.0 Å². The second-order valence-electron chi connectivity index (χ2n) is 22.1. The van der Waals surface area contributed by atoms with Gasteiger partial charge in [0.25, 0.3) is 0 Å². The summed E-state index contributed by atoms with van der Waals surface area (Å²) in [4.78, 5) is 4.98. The summed E-state index contributed by atoms with van der Waals surface area (Å²) < 4.78 is 10.6. The Labute approximate surface area is 374 Å². The van der Waals surface area contributed by atoms with Crippen molar-refractivity contribution in [1.29, 1.82) is 0 Å². The van der Waals surface area contributed by atoms with Crippen molar-refractivity contribution in [2.24, 2.45) is 0 Å². The van der Waals surface area contributed by atoms with Crippen molar-refractivity contribution >= 4 is 44.6 Å². The Bertz CT molecular complexity index is 3110. The molecule has 63 heavy (non-hydrogen) atoms. The van der Waals surface area contributed by atoms with Crippen LogP contribution >= 0.6 is 0 Å². The van der Waals surface area contributed by atoms with Crippen molar-refractivity contribution in [2.75, 3.05) is 0 Å². The minimum absolute atomic E-state index is 0.0136. The first-order chi connectivity index (χ1) is 29.7. The summed E-state index contributed by atoms with van der Waals surface area (Å²) in [5, 5.41) is 2.40. The van der Waals surface area contributed by atoms with Crippen LogP contribution in [-0.4, -0.2) is 9.55 Å². The fraction of sp³-hybridized carbons (Fsp3) is 0.276. The van der Waals surface area contributed by atoms with Gasteiger partial charge in [0.1, 0.15) is 17.3 Å². The van der Waals surface area contributed by atoms with E-state index in [0.29, 0.717) is 9.18 Å². The molecule has 1 fully saturated rings. The molecule has 6 aromatic carbocycles. The molecule has 8 aromatic rings. The number of hydrogen-bond donors (Lipinski definition) is 0. The van der Waals surface area contributed by atoms with Gasteiger partial charge < -0.3 is 4.74 Å². The molecule has 318 valence electrons. The van der Waals surface area contributed by atoms with E-state index >= 15 is 0 Å². The van der Waals surface area contributed by atoms with Crippen LogP contribution in [0, 0.1) is 6.67 Å². The molecule has 1 saturated heterocycles. The van der Waals surface area contributed by atoms with Crippen LogP contribution in [0.3, 0.4) is 0 Å². The van der Waals surface area contributed by atoms with E-state index in [1.165, 1.54) is 66.9 Å². The van der Waals surface area contributed by atoms with Crippen molar-refractivity contribution in [3.05, 3.63) is 175 Å². The number of para-hydroxylation sites is 2. The van der Waals surface area contributed by atoms with Crippen LogP contribution in [0.2, 0.25) is 0 Å². The molecule has 0 radical (unpaired) electrons. The number of aromatic nitrogens is 2. The second-order valence-corrected chi connectivity index (χ2v) is 22.1. The molecular weight excluding hydrogens is 769 g/mol. The van der Waals surface area contributed by atoms with E-state index in [4.69, 9.17) is 9.72 Å². The molecule has 2 aliphatic rings. The third-order valence-corrected chi connectivity index (χ3v) is 13.5. The Morgan fingerprint density at radius 1 is 0.444 bits per heavy atom. The first-order valence-corrected chi connectivity index (χ1v) is 22.5. The van der Waals surface area contributed by atoms with Crippen LogP contribution in [-0.2, 0) is 21.7 Å². The SMILES string of the molecule is CC(C)(C)c1cc(Oc2ccc3c4cc(C(C)(C)C)ccc4n(-c4cc(C(C)(C)C)ccn4)c3c2)cc([N+]23[CH-][N@+]2(c2cc(-c4ccccc4)cc(C(C)(C)C)c2)c2ccccc23)c1. The predicted octanol–water partition coefficient (Wildman–Crippen LogP) is 16.2. The van der Waals surface area contributed by atoms with Crippen LogP contribution in [0.5, 0.6) is 11.5 Å². The lowest BCUT2D eigenvalue weighted by Gasteiger charge is -2.40. The molecule has 2 aromatic heterocycles. The molecular formula is C58H61N4O+. The molecule has 5 nitrogen and oxygen atoms in total. The molecule has 2 atom stereocenters. The lowest BCUT2D eigenvalue weighted by molar-refractivity contribution is 0.421. The van der Waals surface area contributed by atoms with Gasteiger partial charge in [0.2, 0.25) is 11.4 Å². The van der Waals surface area contributed by atoms with Crippen LogP contribution in [0.15, 0.2) is 146 Å². The minimum atomic E-state index is -0.125. The first kappa shape index (κ1) is 41.0. The highest BCUT2D eigenvalue weighted by Gasteiger charge is 2.78. The lowest BCUT2D eigenvalue weighted by Crippen LogP contribution is -2.46. The molecule has 0 amide bonds. The molecule has 0 bridgehead atoms. The van der Waals surface area contributed by atoms with Gasteiger partial charge in [-0.15, -0.1) is 0 Å². The van der Waals surface area contributed by atoms with E-state index < -0.39 is 0 Å². The lowest BCUT2D eigenvalue weighted by atomic mass is 9.84. The van der Waals surface area contributed by atoms with Gasteiger partial charge in [0, 0.05) is 59.4 Å². The van der Waals surface area contributed by atoms with Crippen molar-refractivity contribution in [3.8, 4) is 28.4 Å². The maximum absolute atomic E-state index is 7.09. The Balaban J connectivity index is 1.13. The molecule has 5 heteroatoms. The largest absolute Gasteiger partial charge is 0.457 e. The van der Waals surface area contributed by atoms with Gasteiger partial charge in [-0.2, -0.15) is 9.18 Å². The third-order valence-electron chi connectivity index (χ3n) is 13.5. The highest BCUT2D eigenvalue weighted by Crippen LogP contribution is 2.75. The number of hydrogen-bond acceptors (Lipinski definition) is 2. The summed E-state index contributed by atoms with van der Waals surface area (Å²) in [6.45, 7) is 29.9. The van der Waals surface area contributed by atoms with Crippen LogP contribution in [0.4, 0.5) is 22.7 Å². The Morgan fingerprint density at radius 3 is 1.67 bits per heavy atom. The van der Waals surface area contributed by atoms with E-state index in [1.807, 2.05) is 6.20 Å². The second kappa shape index (κ2) is 13.7. The van der Waals surface area contributed by atoms with Crippen molar-refractivity contribution in [3.63, 3.8) is 0 Å². The fourth-order valence-corrected chi connectivity index (χ4v) is 9.69. The van der Waals surface area contributed by atoms with Crippen LogP contribution < -0.4 is 13.9 Å². The normalized spacial score (nSPS) is 18.5. The standard InChI is InChI=1S/C58H61N4O/c1-55(2,3)40-22-25-50-49(33-40)48-24-23-46(36-51(48)60(50)54-34-41(26-27-59-54)56(4,5)6)63-47-32-43(58(10,11)12)31-45(35-47)62-37-61(62,52-20-16-17-21-53(52)62)44-29-39(38-18-14-13-15-19-38)28-42(30-44)57(7,8)9/h13-37H,1-12H3/q+1/t61-,62?/m0/s1. The maximum atomic E-state index is 7.09. The van der Waals surface area contributed by atoms with Crippen molar-refractivity contribution < 1.29 is 4.74 Å². The van der Waals surface area contributed by atoms with E-state index in [-0.39, 0.29) is 21.7 Å². The van der Waals surface area contributed by atoms with E-state index in [1.54, 1.807) is 0 Å². The molecule has 2 aliphatic heterocycles. The maximum Gasteiger partial charge on any atom is 0.225 e. The first-order valence-electron chi connectivity index (χ1n) is 22.5. The predicted molar refractivity (Wildman–Crippen MR) is 265 cm³/mol. The molecule has 4 heterocycles. The summed E-state index contributed by atoms with van der Waals surface area (Å²) in [7, 11) is 0. The number of ether oxygens (including phenoxy) is 1. The number of quaternary nitrogens is 2. The zero-order chi connectivity index (χ0) is 44.5.